The number of nitrogens with zero attached hydrogens (tertiary/aromatic N) is 3. The van der Waals surface area contributed by atoms with Gasteiger partial charge in [0.05, 0.1) is 0 Å². The Labute approximate surface area is 120 Å². The van der Waals surface area contributed by atoms with Crippen molar-refractivity contribution in [1.82, 2.24) is 25.3 Å². The zero-order valence-electron chi connectivity index (χ0n) is 12.9. The number of aryl methyl sites for hydroxylation is 1. The fourth-order valence-corrected chi connectivity index (χ4v) is 2.76. The van der Waals surface area contributed by atoms with Crippen LogP contribution in [0.15, 0.2) is 0 Å². The normalized spacial score (nSPS) is 18.1. The first kappa shape index (κ1) is 15.0. The molecule has 6 nitrogen and oxygen atoms in total. The summed E-state index contributed by atoms with van der Waals surface area (Å²) in [5, 5.41) is 10.6. The topological polar surface area (TPSA) is 62.2 Å². The van der Waals surface area contributed by atoms with E-state index in [0.29, 0.717) is 11.7 Å². The number of aromatic nitrogens is 2. The van der Waals surface area contributed by atoms with Crippen LogP contribution in [0.1, 0.15) is 28.2 Å². The summed E-state index contributed by atoms with van der Waals surface area (Å²) < 4.78 is 1.86. The first-order chi connectivity index (χ1) is 9.52. The van der Waals surface area contributed by atoms with Crippen LogP contribution in [0.5, 0.6) is 0 Å². The van der Waals surface area contributed by atoms with Crippen LogP contribution in [0.2, 0.25) is 0 Å². The zero-order valence-corrected chi connectivity index (χ0v) is 12.9. The van der Waals surface area contributed by atoms with E-state index in [2.05, 4.69) is 34.7 Å². The summed E-state index contributed by atoms with van der Waals surface area (Å²) in [6, 6.07) is 0.440. The van der Waals surface area contributed by atoms with E-state index < -0.39 is 0 Å². The maximum atomic E-state index is 11.9. The molecule has 0 fully saturated rings. The molecular formula is C14H25N5O. The molecule has 1 unspecified atom stereocenters. The van der Waals surface area contributed by atoms with Gasteiger partial charge in [0.25, 0.3) is 5.91 Å². The third-order valence-corrected chi connectivity index (χ3v) is 3.89. The van der Waals surface area contributed by atoms with E-state index in [9.17, 15) is 4.79 Å². The minimum atomic E-state index is -0.0872. The summed E-state index contributed by atoms with van der Waals surface area (Å²) in [7, 11) is 7.72. The van der Waals surface area contributed by atoms with Crippen LogP contribution >= 0.6 is 0 Å². The molecule has 1 amide bonds. The van der Waals surface area contributed by atoms with Gasteiger partial charge in [0.15, 0.2) is 5.69 Å². The second-order valence-corrected chi connectivity index (χ2v) is 5.67. The molecule has 6 heteroatoms. The smallest absolute Gasteiger partial charge is 0.271 e. The van der Waals surface area contributed by atoms with Crippen LogP contribution in [0, 0.1) is 0 Å². The molecule has 112 valence electrons. The molecule has 2 rings (SSSR count). The first-order valence-electron chi connectivity index (χ1n) is 7.18. The minimum absolute atomic E-state index is 0.0872. The molecule has 0 saturated carbocycles. The number of fused-ring (bicyclic) bond motifs is 1. The summed E-state index contributed by atoms with van der Waals surface area (Å²) in [6.07, 6.45) is 2.97. The van der Waals surface area contributed by atoms with E-state index >= 15 is 0 Å². The second-order valence-electron chi connectivity index (χ2n) is 5.67. The van der Waals surface area contributed by atoms with Crippen LogP contribution in [0.4, 0.5) is 0 Å². The van der Waals surface area contributed by atoms with Crippen LogP contribution in [0.25, 0.3) is 0 Å². The van der Waals surface area contributed by atoms with E-state index in [-0.39, 0.29) is 5.91 Å². The Bertz CT molecular complexity index is 480. The highest BCUT2D eigenvalue weighted by atomic mass is 16.1. The second kappa shape index (κ2) is 6.37. The fraction of sp³-hybridized carbons (Fsp3) is 0.714. The van der Waals surface area contributed by atoms with E-state index in [1.165, 1.54) is 5.69 Å². The summed E-state index contributed by atoms with van der Waals surface area (Å²) in [4.78, 5) is 14.1. The van der Waals surface area contributed by atoms with Crippen molar-refractivity contribution in [3.8, 4) is 0 Å². The number of rotatable bonds is 5. The lowest BCUT2D eigenvalue weighted by atomic mass is 9.91. The quantitative estimate of drug-likeness (QED) is 0.783. The predicted molar refractivity (Wildman–Crippen MR) is 79.0 cm³/mol. The molecule has 1 aromatic heterocycles. The number of amides is 1. The predicted octanol–water partition coefficient (Wildman–Crippen LogP) is -0.212. The Hall–Kier alpha value is -1.40. The maximum Gasteiger partial charge on any atom is 0.271 e. The number of hydrogen-bond donors (Lipinski definition) is 2. The Morgan fingerprint density at radius 3 is 2.90 bits per heavy atom. The van der Waals surface area contributed by atoms with Gasteiger partial charge in [0, 0.05) is 44.5 Å². The highest BCUT2D eigenvalue weighted by Gasteiger charge is 2.27. The Morgan fingerprint density at radius 1 is 1.50 bits per heavy atom. The molecule has 0 radical (unpaired) electrons. The van der Waals surface area contributed by atoms with E-state index in [1.54, 1.807) is 7.05 Å². The lowest BCUT2D eigenvalue weighted by Gasteiger charge is -2.25. The molecular weight excluding hydrogens is 254 g/mol. The first-order valence-corrected chi connectivity index (χ1v) is 7.18. The van der Waals surface area contributed by atoms with Crippen molar-refractivity contribution in [2.75, 3.05) is 34.2 Å². The van der Waals surface area contributed by atoms with Crippen molar-refractivity contribution >= 4 is 5.91 Å². The molecule has 1 aromatic rings. The lowest BCUT2D eigenvalue weighted by Crippen LogP contribution is -2.39. The van der Waals surface area contributed by atoms with E-state index in [0.717, 1.165) is 37.9 Å². The number of carbonyl (C=O) groups excluding carboxylic acids is 1. The lowest BCUT2D eigenvalue weighted by molar-refractivity contribution is 0.0956. The highest BCUT2D eigenvalue weighted by molar-refractivity contribution is 5.93. The molecule has 1 heterocycles. The zero-order chi connectivity index (χ0) is 14.7. The van der Waals surface area contributed by atoms with Gasteiger partial charge < -0.3 is 15.5 Å². The van der Waals surface area contributed by atoms with Gasteiger partial charge in [-0.05, 0) is 33.4 Å². The molecule has 0 bridgehead atoms. The van der Waals surface area contributed by atoms with E-state index in [1.807, 2.05) is 11.7 Å². The molecule has 1 aliphatic carbocycles. The molecule has 20 heavy (non-hydrogen) atoms. The molecule has 2 N–H and O–H groups in total. The fourth-order valence-electron chi connectivity index (χ4n) is 2.76. The van der Waals surface area contributed by atoms with Crippen molar-refractivity contribution in [3.05, 3.63) is 17.0 Å². The summed E-state index contributed by atoms with van der Waals surface area (Å²) in [6.45, 7) is 2.00. The van der Waals surface area contributed by atoms with Gasteiger partial charge in [-0.3, -0.25) is 9.48 Å². The summed E-state index contributed by atoms with van der Waals surface area (Å²) in [5.74, 6) is -0.0872. The number of nitrogens with one attached hydrogen (secondary N) is 2. The molecule has 0 saturated heterocycles. The standard InChI is InChI=1S/C14H25N5O/c1-15-14(20)13-11-9-10(16-7-8-18(2)3)5-6-12(11)19(4)17-13/h10,16H,5-9H2,1-4H3,(H,15,20). The van der Waals surface area contributed by atoms with Crippen LogP contribution in [0.3, 0.4) is 0 Å². The van der Waals surface area contributed by atoms with Gasteiger partial charge >= 0.3 is 0 Å². The Morgan fingerprint density at radius 2 is 2.25 bits per heavy atom. The van der Waals surface area contributed by atoms with Crippen molar-refractivity contribution in [2.24, 2.45) is 7.05 Å². The minimum Gasteiger partial charge on any atom is -0.354 e. The van der Waals surface area contributed by atoms with Gasteiger partial charge in [-0.1, -0.05) is 0 Å². The Balaban J connectivity index is 2.06. The SMILES string of the molecule is CNC(=O)c1nn(C)c2c1CC(NCCN(C)C)CC2. The molecule has 0 aromatic carbocycles. The Kier molecular flexibility index (Phi) is 4.77. The van der Waals surface area contributed by atoms with Crippen molar-refractivity contribution in [3.63, 3.8) is 0 Å². The number of carbonyl (C=O) groups is 1. The van der Waals surface area contributed by atoms with Gasteiger partial charge in [0.1, 0.15) is 0 Å². The third-order valence-electron chi connectivity index (χ3n) is 3.89. The number of hydrogen-bond acceptors (Lipinski definition) is 4. The van der Waals surface area contributed by atoms with Crippen LogP contribution in [-0.2, 0) is 19.9 Å². The maximum absolute atomic E-state index is 11.9. The average Bonchev–Trinajstić information content (AvgIpc) is 2.74. The van der Waals surface area contributed by atoms with Crippen molar-refractivity contribution in [1.29, 1.82) is 0 Å². The summed E-state index contributed by atoms with van der Waals surface area (Å²) >= 11 is 0. The van der Waals surface area contributed by atoms with Gasteiger partial charge in [-0.2, -0.15) is 5.10 Å². The van der Waals surface area contributed by atoms with Crippen LogP contribution in [-0.4, -0.2) is 60.9 Å². The summed E-state index contributed by atoms with van der Waals surface area (Å²) in [5.41, 5.74) is 2.90. The molecule has 1 atom stereocenters. The van der Waals surface area contributed by atoms with Gasteiger partial charge in [-0.25, -0.2) is 0 Å². The molecule has 0 aliphatic heterocycles. The molecule has 0 spiro atoms. The number of likely N-dealkylation sites (N-methyl/N-ethyl adjacent to an activating group) is 1. The van der Waals surface area contributed by atoms with E-state index in [4.69, 9.17) is 0 Å². The largest absolute Gasteiger partial charge is 0.354 e. The average molecular weight is 279 g/mol. The highest BCUT2D eigenvalue weighted by Crippen LogP contribution is 2.24. The molecule has 1 aliphatic rings. The van der Waals surface area contributed by atoms with Crippen molar-refractivity contribution < 1.29 is 4.79 Å². The van der Waals surface area contributed by atoms with Gasteiger partial charge in [-0.15, -0.1) is 0 Å². The van der Waals surface area contributed by atoms with Crippen molar-refractivity contribution in [2.45, 2.75) is 25.3 Å². The third kappa shape index (κ3) is 3.19. The monoisotopic (exact) mass is 279 g/mol. The van der Waals surface area contributed by atoms with Crippen LogP contribution < -0.4 is 10.6 Å². The van der Waals surface area contributed by atoms with Gasteiger partial charge in [0.2, 0.25) is 0 Å².